The molecule has 0 saturated carbocycles. The SMILES string of the molecule is C=CC(=O)NC1=CC=CC(C)(S(N)(=O)=O)C1C. The van der Waals surface area contributed by atoms with Crippen molar-refractivity contribution in [3.8, 4) is 0 Å². The molecule has 0 bridgehead atoms. The number of nitrogens with two attached hydrogens (primary N) is 1. The van der Waals surface area contributed by atoms with Gasteiger partial charge in [-0.15, -0.1) is 0 Å². The van der Waals surface area contributed by atoms with Gasteiger partial charge in [-0.25, -0.2) is 13.6 Å². The Labute approximate surface area is 101 Å². The lowest BCUT2D eigenvalue weighted by Gasteiger charge is -2.34. The van der Waals surface area contributed by atoms with Crippen LogP contribution in [0.2, 0.25) is 0 Å². The van der Waals surface area contributed by atoms with Crippen LogP contribution in [-0.4, -0.2) is 19.1 Å². The van der Waals surface area contributed by atoms with Gasteiger partial charge in [0.05, 0.1) is 0 Å². The highest BCUT2D eigenvalue weighted by Crippen LogP contribution is 2.33. The van der Waals surface area contributed by atoms with Crippen LogP contribution in [0.25, 0.3) is 0 Å². The molecule has 3 N–H and O–H groups in total. The van der Waals surface area contributed by atoms with E-state index >= 15 is 0 Å². The van der Waals surface area contributed by atoms with E-state index in [0.29, 0.717) is 5.70 Å². The van der Waals surface area contributed by atoms with Gasteiger partial charge in [0, 0.05) is 11.6 Å². The van der Waals surface area contributed by atoms with Gasteiger partial charge in [0.25, 0.3) is 0 Å². The number of nitrogens with one attached hydrogen (secondary N) is 1. The molecule has 1 amide bonds. The number of hydrogen-bond acceptors (Lipinski definition) is 3. The highest BCUT2D eigenvalue weighted by molar-refractivity contribution is 7.90. The molecular formula is C11H16N2O3S. The number of sulfonamides is 1. The van der Waals surface area contributed by atoms with Gasteiger partial charge >= 0.3 is 0 Å². The van der Waals surface area contributed by atoms with Crippen LogP contribution in [0.5, 0.6) is 0 Å². The summed E-state index contributed by atoms with van der Waals surface area (Å²) in [6.07, 6.45) is 5.87. The molecule has 94 valence electrons. The lowest BCUT2D eigenvalue weighted by Crippen LogP contribution is -2.48. The van der Waals surface area contributed by atoms with Gasteiger partial charge in [0.1, 0.15) is 4.75 Å². The number of amides is 1. The second-order valence-corrected chi connectivity index (χ2v) is 6.09. The number of hydrogen-bond donors (Lipinski definition) is 2. The van der Waals surface area contributed by atoms with Crippen LogP contribution in [0.4, 0.5) is 0 Å². The van der Waals surface area contributed by atoms with Gasteiger partial charge in [-0.3, -0.25) is 4.79 Å². The Balaban J connectivity index is 3.09. The number of allylic oxidation sites excluding steroid dienone is 3. The summed E-state index contributed by atoms with van der Waals surface area (Å²) in [7, 11) is -3.75. The average molecular weight is 256 g/mol. The van der Waals surface area contributed by atoms with E-state index in [2.05, 4.69) is 11.9 Å². The van der Waals surface area contributed by atoms with Crippen molar-refractivity contribution in [2.45, 2.75) is 18.6 Å². The van der Waals surface area contributed by atoms with Crippen molar-refractivity contribution in [1.29, 1.82) is 0 Å². The molecule has 0 heterocycles. The topological polar surface area (TPSA) is 89.3 Å². The minimum absolute atomic E-state index is 0.379. The number of primary sulfonamides is 1. The first-order valence-corrected chi connectivity index (χ1v) is 6.62. The van der Waals surface area contributed by atoms with Crippen LogP contribution >= 0.6 is 0 Å². The third kappa shape index (κ3) is 2.48. The molecule has 6 heteroatoms. The van der Waals surface area contributed by atoms with Crippen LogP contribution in [0.3, 0.4) is 0 Å². The number of carbonyl (C=O) groups is 1. The summed E-state index contributed by atoms with van der Waals surface area (Å²) in [6.45, 7) is 6.56. The first-order chi connectivity index (χ1) is 7.72. The summed E-state index contributed by atoms with van der Waals surface area (Å²) in [6, 6.07) is 0. The molecular weight excluding hydrogens is 240 g/mol. The van der Waals surface area contributed by atoms with Crippen molar-refractivity contribution in [3.63, 3.8) is 0 Å². The molecule has 1 aliphatic rings. The number of carbonyl (C=O) groups excluding carboxylic acids is 1. The molecule has 0 aromatic carbocycles. The van der Waals surface area contributed by atoms with Crippen molar-refractivity contribution < 1.29 is 13.2 Å². The monoisotopic (exact) mass is 256 g/mol. The molecule has 0 fully saturated rings. The van der Waals surface area contributed by atoms with Crippen molar-refractivity contribution in [3.05, 3.63) is 36.6 Å². The fraction of sp³-hybridized carbons (Fsp3) is 0.364. The molecule has 0 saturated heterocycles. The molecule has 0 aromatic heterocycles. The quantitative estimate of drug-likeness (QED) is 0.717. The van der Waals surface area contributed by atoms with Gasteiger partial charge in [0.2, 0.25) is 15.9 Å². The zero-order valence-corrected chi connectivity index (χ0v) is 10.6. The maximum Gasteiger partial charge on any atom is 0.247 e. The molecule has 2 unspecified atom stereocenters. The molecule has 1 rings (SSSR count). The van der Waals surface area contributed by atoms with Crippen molar-refractivity contribution in [1.82, 2.24) is 5.32 Å². The first-order valence-electron chi connectivity index (χ1n) is 5.07. The summed E-state index contributed by atoms with van der Waals surface area (Å²) >= 11 is 0. The average Bonchev–Trinajstić information content (AvgIpc) is 2.23. The highest BCUT2D eigenvalue weighted by atomic mass is 32.2. The molecule has 0 spiro atoms. The van der Waals surface area contributed by atoms with Crippen molar-refractivity contribution >= 4 is 15.9 Å². The maximum absolute atomic E-state index is 11.6. The Kier molecular flexibility index (Phi) is 3.59. The number of rotatable bonds is 3. The molecule has 17 heavy (non-hydrogen) atoms. The maximum atomic E-state index is 11.6. The van der Waals surface area contributed by atoms with Crippen LogP contribution in [0.15, 0.2) is 36.6 Å². The third-order valence-corrected chi connectivity index (χ3v) is 4.81. The Morgan fingerprint density at radius 2 is 2.24 bits per heavy atom. The second kappa shape index (κ2) is 4.46. The third-order valence-electron chi connectivity index (χ3n) is 3.10. The first kappa shape index (κ1) is 13.7. The van der Waals surface area contributed by atoms with Crippen LogP contribution < -0.4 is 10.5 Å². The summed E-state index contributed by atoms with van der Waals surface area (Å²) < 4.78 is 22.0. The van der Waals surface area contributed by atoms with E-state index in [1.165, 1.54) is 13.0 Å². The lowest BCUT2D eigenvalue weighted by molar-refractivity contribution is -0.116. The predicted octanol–water partition coefficient (Wildman–Crippen LogP) is 0.426. The van der Waals surface area contributed by atoms with Crippen molar-refractivity contribution in [2.24, 2.45) is 11.1 Å². The zero-order valence-electron chi connectivity index (χ0n) is 9.80. The Morgan fingerprint density at radius 3 is 2.71 bits per heavy atom. The fourth-order valence-electron chi connectivity index (χ4n) is 1.62. The fourth-order valence-corrected chi connectivity index (χ4v) is 2.51. The minimum Gasteiger partial charge on any atom is -0.326 e. The largest absolute Gasteiger partial charge is 0.326 e. The Hall–Kier alpha value is -1.40. The smallest absolute Gasteiger partial charge is 0.247 e. The van der Waals surface area contributed by atoms with Gasteiger partial charge in [-0.2, -0.15) is 0 Å². The molecule has 2 atom stereocenters. The van der Waals surface area contributed by atoms with Gasteiger partial charge in [-0.1, -0.05) is 25.7 Å². The van der Waals surface area contributed by atoms with E-state index in [1.807, 2.05) is 0 Å². The van der Waals surface area contributed by atoms with E-state index in [-0.39, 0.29) is 5.91 Å². The normalized spacial score (nSPS) is 28.4. The molecule has 1 aliphatic carbocycles. The van der Waals surface area contributed by atoms with E-state index in [9.17, 15) is 13.2 Å². The standard InChI is InChI=1S/C11H16N2O3S/c1-4-10(14)13-9-6-5-7-11(3,8(9)2)17(12,15)16/h4-8H,1H2,2-3H3,(H,13,14)(H2,12,15,16). The predicted molar refractivity (Wildman–Crippen MR) is 66.2 cm³/mol. The van der Waals surface area contributed by atoms with E-state index in [4.69, 9.17) is 5.14 Å². The highest BCUT2D eigenvalue weighted by Gasteiger charge is 2.42. The van der Waals surface area contributed by atoms with Gasteiger partial charge in [-0.05, 0) is 19.1 Å². The zero-order chi connectivity index (χ0) is 13.3. The van der Waals surface area contributed by atoms with Crippen LogP contribution in [-0.2, 0) is 14.8 Å². The molecule has 0 radical (unpaired) electrons. The van der Waals surface area contributed by atoms with Crippen LogP contribution in [0.1, 0.15) is 13.8 Å². The molecule has 5 nitrogen and oxygen atoms in total. The van der Waals surface area contributed by atoms with E-state index in [1.54, 1.807) is 19.1 Å². The summed E-state index contributed by atoms with van der Waals surface area (Å²) in [5.74, 6) is -0.818. The van der Waals surface area contributed by atoms with Gasteiger partial charge in [0.15, 0.2) is 0 Å². The summed E-state index contributed by atoms with van der Waals surface area (Å²) in [4.78, 5) is 11.2. The summed E-state index contributed by atoms with van der Waals surface area (Å²) in [5.41, 5.74) is 0.508. The van der Waals surface area contributed by atoms with E-state index in [0.717, 1.165) is 6.08 Å². The van der Waals surface area contributed by atoms with E-state index < -0.39 is 20.7 Å². The van der Waals surface area contributed by atoms with Crippen LogP contribution in [0, 0.1) is 5.92 Å². The minimum atomic E-state index is -3.75. The molecule has 0 aliphatic heterocycles. The molecule has 0 aromatic rings. The van der Waals surface area contributed by atoms with Gasteiger partial charge < -0.3 is 5.32 Å². The summed E-state index contributed by atoms with van der Waals surface area (Å²) in [5, 5.41) is 7.80. The second-order valence-electron chi connectivity index (χ2n) is 4.13. The lowest BCUT2D eigenvalue weighted by atomic mass is 9.87. The Morgan fingerprint density at radius 1 is 1.65 bits per heavy atom. The van der Waals surface area contributed by atoms with Crippen molar-refractivity contribution in [2.75, 3.05) is 0 Å². The Bertz CT molecular complexity index is 505.